The molecule has 0 saturated carbocycles. The molecule has 2 aromatic carbocycles. The number of alkyl halides is 2. The largest absolute Gasteiger partial charge is 0.435 e. The Morgan fingerprint density at radius 2 is 1.88 bits per heavy atom. The van der Waals surface area contributed by atoms with E-state index in [0.717, 1.165) is 5.56 Å². The topological polar surface area (TPSA) is 41.6 Å². The van der Waals surface area contributed by atoms with Gasteiger partial charge in [0.15, 0.2) is 0 Å². The van der Waals surface area contributed by atoms with Crippen molar-refractivity contribution >= 4 is 6.03 Å². The van der Waals surface area contributed by atoms with Gasteiger partial charge in [0.25, 0.3) is 0 Å². The van der Waals surface area contributed by atoms with Gasteiger partial charge in [0.2, 0.25) is 0 Å². The van der Waals surface area contributed by atoms with Crippen molar-refractivity contribution < 1.29 is 22.7 Å². The van der Waals surface area contributed by atoms with Crippen molar-refractivity contribution in [3.8, 4) is 5.75 Å². The van der Waals surface area contributed by atoms with Crippen LogP contribution < -0.4 is 10.1 Å². The van der Waals surface area contributed by atoms with Gasteiger partial charge in [-0.1, -0.05) is 24.3 Å². The van der Waals surface area contributed by atoms with Crippen molar-refractivity contribution in [1.82, 2.24) is 10.2 Å². The summed E-state index contributed by atoms with van der Waals surface area (Å²) in [6.45, 7) is -2.36. The average molecular weight is 338 g/mol. The SMILES string of the molecule is CN(Cc1ccc(OC(F)F)cc1)C(=O)NCc1cccc(F)c1. The number of urea groups is 1. The Morgan fingerprint density at radius 1 is 1.17 bits per heavy atom. The zero-order valence-corrected chi connectivity index (χ0v) is 13.0. The van der Waals surface area contributed by atoms with Crippen molar-refractivity contribution in [2.45, 2.75) is 19.7 Å². The maximum atomic E-state index is 13.1. The van der Waals surface area contributed by atoms with Crippen LogP contribution in [0.3, 0.4) is 0 Å². The molecule has 2 amide bonds. The van der Waals surface area contributed by atoms with Crippen LogP contribution in [0.15, 0.2) is 48.5 Å². The smallest absolute Gasteiger partial charge is 0.387 e. The number of carbonyl (C=O) groups excluding carboxylic acids is 1. The lowest BCUT2D eigenvalue weighted by Crippen LogP contribution is -2.36. The predicted octanol–water partition coefficient (Wildman–Crippen LogP) is 3.77. The Hall–Kier alpha value is -2.70. The summed E-state index contributed by atoms with van der Waals surface area (Å²) in [7, 11) is 1.60. The van der Waals surface area contributed by atoms with Gasteiger partial charge in [-0.2, -0.15) is 8.78 Å². The van der Waals surface area contributed by atoms with Crippen LogP contribution in [-0.2, 0) is 13.1 Å². The molecule has 0 radical (unpaired) electrons. The second-order valence-corrected chi connectivity index (χ2v) is 5.17. The molecule has 4 nitrogen and oxygen atoms in total. The lowest BCUT2D eigenvalue weighted by Gasteiger charge is -2.18. The number of nitrogens with one attached hydrogen (secondary N) is 1. The van der Waals surface area contributed by atoms with Gasteiger partial charge in [-0.05, 0) is 35.4 Å². The summed E-state index contributed by atoms with van der Waals surface area (Å²) in [5, 5.41) is 2.68. The van der Waals surface area contributed by atoms with Crippen LogP contribution in [0.2, 0.25) is 0 Å². The molecule has 24 heavy (non-hydrogen) atoms. The first-order valence-corrected chi connectivity index (χ1v) is 7.21. The average Bonchev–Trinajstić information content (AvgIpc) is 2.54. The number of nitrogens with zero attached hydrogens (tertiary/aromatic N) is 1. The van der Waals surface area contributed by atoms with Crippen LogP contribution >= 0.6 is 0 Å². The summed E-state index contributed by atoms with van der Waals surface area (Å²) >= 11 is 0. The molecule has 0 bridgehead atoms. The molecule has 0 atom stereocenters. The molecule has 2 aromatic rings. The summed E-state index contributed by atoms with van der Waals surface area (Å²) in [6.07, 6.45) is 0. The van der Waals surface area contributed by atoms with Crippen molar-refractivity contribution in [3.63, 3.8) is 0 Å². The maximum Gasteiger partial charge on any atom is 0.387 e. The van der Waals surface area contributed by atoms with Gasteiger partial charge in [-0.15, -0.1) is 0 Å². The molecule has 2 rings (SSSR count). The van der Waals surface area contributed by atoms with Gasteiger partial charge in [-0.25, -0.2) is 9.18 Å². The summed E-state index contributed by atoms with van der Waals surface area (Å²) in [5.41, 5.74) is 1.42. The molecule has 0 aromatic heterocycles. The Kier molecular flexibility index (Phi) is 6.06. The second-order valence-electron chi connectivity index (χ2n) is 5.17. The molecule has 0 aliphatic heterocycles. The number of ether oxygens (including phenoxy) is 1. The minimum Gasteiger partial charge on any atom is -0.435 e. The third-order valence-electron chi connectivity index (χ3n) is 3.25. The molecule has 128 valence electrons. The highest BCUT2D eigenvalue weighted by molar-refractivity contribution is 5.73. The van der Waals surface area contributed by atoms with Gasteiger partial charge in [-0.3, -0.25) is 0 Å². The molecule has 0 heterocycles. The van der Waals surface area contributed by atoms with Crippen LogP contribution in [0.5, 0.6) is 5.75 Å². The lowest BCUT2D eigenvalue weighted by atomic mass is 10.2. The number of halogens is 3. The van der Waals surface area contributed by atoms with Crippen molar-refractivity contribution in [2.24, 2.45) is 0 Å². The molecular formula is C17H17F3N2O2. The van der Waals surface area contributed by atoms with Crippen LogP contribution in [0, 0.1) is 5.82 Å². The third-order valence-corrected chi connectivity index (χ3v) is 3.25. The summed E-state index contributed by atoms with van der Waals surface area (Å²) < 4.78 is 41.5. The highest BCUT2D eigenvalue weighted by atomic mass is 19.3. The Balaban J connectivity index is 1.84. The molecule has 0 spiro atoms. The van der Waals surface area contributed by atoms with E-state index in [0.29, 0.717) is 12.1 Å². The van der Waals surface area contributed by atoms with E-state index in [1.54, 1.807) is 31.3 Å². The lowest BCUT2D eigenvalue weighted by molar-refractivity contribution is -0.0498. The van der Waals surface area contributed by atoms with Crippen molar-refractivity contribution in [1.29, 1.82) is 0 Å². The molecule has 0 aliphatic rings. The summed E-state index contributed by atoms with van der Waals surface area (Å²) in [5.74, 6) is -0.298. The fourth-order valence-corrected chi connectivity index (χ4v) is 2.08. The minimum atomic E-state index is -2.87. The van der Waals surface area contributed by atoms with Crippen LogP contribution in [0.1, 0.15) is 11.1 Å². The molecule has 0 saturated heterocycles. The molecular weight excluding hydrogens is 321 g/mol. The fraction of sp³-hybridized carbons (Fsp3) is 0.235. The van der Waals surface area contributed by atoms with E-state index in [1.165, 1.54) is 29.2 Å². The molecule has 0 aliphatic carbocycles. The van der Waals surface area contributed by atoms with E-state index in [4.69, 9.17) is 0 Å². The van der Waals surface area contributed by atoms with E-state index in [1.807, 2.05) is 0 Å². The van der Waals surface area contributed by atoms with Gasteiger partial charge in [0, 0.05) is 20.1 Å². The standard InChI is InChI=1S/C17H17F3N2O2/c1-22(11-12-5-7-15(8-6-12)24-16(19)20)17(23)21-10-13-3-2-4-14(18)9-13/h2-9,16H,10-11H2,1H3,(H,21,23). The van der Waals surface area contributed by atoms with Crippen molar-refractivity contribution in [3.05, 3.63) is 65.5 Å². The highest BCUT2D eigenvalue weighted by Gasteiger charge is 2.10. The monoisotopic (exact) mass is 338 g/mol. The van der Waals surface area contributed by atoms with Crippen LogP contribution in [0.25, 0.3) is 0 Å². The normalized spacial score (nSPS) is 10.5. The molecule has 0 unspecified atom stereocenters. The van der Waals surface area contributed by atoms with Gasteiger partial charge in [0.05, 0.1) is 0 Å². The summed E-state index contributed by atoms with van der Waals surface area (Å²) in [6, 6.07) is 11.7. The van der Waals surface area contributed by atoms with E-state index < -0.39 is 6.61 Å². The van der Waals surface area contributed by atoms with Crippen molar-refractivity contribution in [2.75, 3.05) is 7.05 Å². The van der Waals surface area contributed by atoms with Gasteiger partial charge in [0.1, 0.15) is 11.6 Å². The fourth-order valence-electron chi connectivity index (χ4n) is 2.08. The highest BCUT2D eigenvalue weighted by Crippen LogP contribution is 2.15. The number of carbonyl (C=O) groups is 1. The first-order chi connectivity index (χ1) is 11.4. The molecule has 0 fully saturated rings. The summed E-state index contributed by atoms with van der Waals surface area (Å²) in [4.78, 5) is 13.4. The first kappa shape index (κ1) is 17.7. The minimum absolute atomic E-state index is 0.0620. The number of rotatable bonds is 6. The van der Waals surface area contributed by atoms with E-state index in [-0.39, 0.29) is 24.1 Å². The number of benzene rings is 2. The van der Waals surface area contributed by atoms with Crippen LogP contribution in [-0.4, -0.2) is 24.6 Å². The number of hydrogen-bond acceptors (Lipinski definition) is 2. The van der Waals surface area contributed by atoms with Crippen LogP contribution in [0.4, 0.5) is 18.0 Å². The van der Waals surface area contributed by atoms with Gasteiger partial charge >= 0.3 is 12.6 Å². The Morgan fingerprint density at radius 3 is 2.50 bits per heavy atom. The zero-order valence-electron chi connectivity index (χ0n) is 13.0. The quantitative estimate of drug-likeness (QED) is 0.871. The molecule has 1 N–H and O–H groups in total. The zero-order chi connectivity index (χ0) is 17.5. The number of amides is 2. The van der Waals surface area contributed by atoms with Gasteiger partial charge < -0.3 is 15.0 Å². The van der Waals surface area contributed by atoms with E-state index >= 15 is 0 Å². The number of hydrogen-bond donors (Lipinski definition) is 1. The predicted molar refractivity (Wildman–Crippen MR) is 83.2 cm³/mol. The van der Waals surface area contributed by atoms with E-state index in [9.17, 15) is 18.0 Å². The second kappa shape index (κ2) is 8.24. The Labute approximate surface area is 137 Å². The molecule has 7 heteroatoms. The third kappa shape index (κ3) is 5.49. The van der Waals surface area contributed by atoms with E-state index in [2.05, 4.69) is 10.1 Å². The maximum absolute atomic E-state index is 13.1. The first-order valence-electron chi connectivity index (χ1n) is 7.21. The Bertz CT molecular complexity index is 678.